The molecule has 1 aliphatic rings. The van der Waals surface area contributed by atoms with Gasteiger partial charge < -0.3 is 10.0 Å². The Bertz CT molecular complexity index is 607. The number of carbonyl (C=O) groups is 2. The number of carboxylic acid groups (broad SMARTS) is 1. The minimum atomic E-state index is -0.913. The number of hydrogen-bond acceptors (Lipinski definition) is 5. The van der Waals surface area contributed by atoms with E-state index in [9.17, 15) is 19.7 Å². The summed E-state index contributed by atoms with van der Waals surface area (Å²) in [6, 6.07) is 1.09. The van der Waals surface area contributed by atoms with Crippen LogP contribution in [0.5, 0.6) is 0 Å². The highest BCUT2D eigenvalue weighted by Gasteiger charge is 2.30. The summed E-state index contributed by atoms with van der Waals surface area (Å²) in [7, 11) is 0. The third-order valence-corrected chi connectivity index (χ3v) is 3.60. The Morgan fingerprint density at radius 3 is 2.90 bits per heavy atom. The normalized spacial score (nSPS) is 17.8. The van der Waals surface area contributed by atoms with E-state index in [-0.39, 0.29) is 28.7 Å². The molecule has 1 fully saturated rings. The molecule has 1 aromatic heterocycles. The van der Waals surface area contributed by atoms with Crippen LogP contribution in [-0.4, -0.2) is 44.9 Å². The summed E-state index contributed by atoms with van der Waals surface area (Å²) in [6.45, 7) is 0.694. The molecule has 2 rings (SSSR count). The van der Waals surface area contributed by atoms with Gasteiger partial charge in [0.2, 0.25) is 0 Å². The van der Waals surface area contributed by atoms with Gasteiger partial charge in [0.05, 0.1) is 10.5 Å². The molecule has 1 unspecified atom stereocenters. The van der Waals surface area contributed by atoms with Crippen LogP contribution in [0.3, 0.4) is 0 Å². The van der Waals surface area contributed by atoms with Crippen LogP contribution in [0.1, 0.15) is 23.2 Å². The molecule has 0 aliphatic carbocycles. The van der Waals surface area contributed by atoms with Crippen molar-refractivity contribution in [2.75, 3.05) is 13.1 Å². The molecule has 0 radical (unpaired) electrons. The highest BCUT2D eigenvalue weighted by atomic mass is 35.5. The molecule has 112 valence electrons. The van der Waals surface area contributed by atoms with Gasteiger partial charge in [-0.05, 0) is 12.3 Å². The number of carbonyl (C=O) groups excluding carboxylic acids is 1. The van der Waals surface area contributed by atoms with E-state index in [0.29, 0.717) is 19.5 Å². The van der Waals surface area contributed by atoms with E-state index < -0.39 is 16.8 Å². The Hall–Kier alpha value is -2.22. The van der Waals surface area contributed by atoms with Gasteiger partial charge >= 0.3 is 5.97 Å². The van der Waals surface area contributed by atoms with Gasteiger partial charge in [0, 0.05) is 25.6 Å². The average Bonchev–Trinajstić information content (AvgIpc) is 2.85. The van der Waals surface area contributed by atoms with Gasteiger partial charge in [0.25, 0.3) is 11.6 Å². The van der Waals surface area contributed by atoms with E-state index >= 15 is 0 Å². The Morgan fingerprint density at radius 2 is 2.29 bits per heavy atom. The maximum Gasteiger partial charge on any atom is 0.303 e. The first-order valence-corrected chi connectivity index (χ1v) is 6.57. The second-order valence-corrected chi connectivity index (χ2v) is 5.15. The van der Waals surface area contributed by atoms with Gasteiger partial charge in [-0.1, -0.05) is 11.6 Å². The van der Waals surface area contributed by atoms with Crippen molar-refractivity contribution in [3.63, 3.8) is 0 Å². The summed E-state index contributed by atoms with van der Waals surface area (Å²) in [5.74, 6) is -1.50. The third kappa shape index (κ3) is 3.46. The van der Waals surface area contributed by atoms with E-state index in [1.807, 2.05) is 0 Å². The largest absolute Gasteiger partial charge is 0.481 e. The van der Waals surface area contributed by atoms with Crippen molar-refractivity contribution in [1.29, 1.82) is 0 Å². The van der Waals surface area contributed by atoms with E-state index in [1.54, 1.807) is 0 Å². The number of aliphatic carboxylic acids is 1. The summed E-state index contributed by atoms with van der Waals surface area (Å²) in [6.07, 6.45) is 1.55. The van der Waals surface area contributed by atoms with Crippen LogP contribution in [0.2, 0.25) is 5.15 Å². The van der Waals surface area contributed by atoms with Crippen LogP contribution in [0.25, 0.3) is 0 Å². The monoisotopic (exact) mass is 313 g/mol. The second kappa shape index (κ2) is 6.04. The molecule has 1 saturated heterocycles. The lowest BCUT2D eigenvalue weighted by Crippen LogP contribution is -2.29. The van der Waals surface area contributed by atoms with Crippen molar-refractivity contribution in [2.45, 2.75) is 12.8 Å². The minimum absolute atomic E-state index is 0.00923. The lowest BCUT2D eigenvalue weighted by atomic mass is 10.1. The summed E-state index contributed by atoms with van der Waals surface area (Å²) in [5, 5.41) is 19.4. The first-order valence-electron chi connectivity index (χ1n) is 6.19. The topological polar surface area (TPSA) is 114 Å². The van der Waals surface area contributed by atoms with Crippen LogP contribution < -0.4 is 0 Å². The van der Waals surface area contributed by atoms with Crippen molar-refractivity contribution in [1.82, 2.24) is 9.88 Å². The SMILES string of the molecule is O=C(O)CC1CCN(C(=O)c2cc([N+](=O)[O-])cnc2Cl)C1. The highest BCUT2D eigenvalue weighted by molar-refractivity contribution is 6.32. The molecule has 1 N–H and O–H groups in total. The molecule has 21 heavy (non-hydrogen) atoms. The fraction of sp³-hybridized carbons (Fsp3) is 0.417. The zero-order valence-corrected chi connectivity index (χ0v) is 11.6. The average molecular weight is 314 g/mol. The lowest BCUT2D eigenvalue weighted by Gasteiger charge is -2.16. The fourth-order valence-electron chi connectivity index (χ4n) is 2.29. The summed E-state index contributed by atoms with van der Waals surface area (Å²) in [4.78, 5) is 38.1. The van der Waals surface area contributed by atoms with Gasteiger partial charge in [0.1, 0.15) is 11.3 Å². The van der Waals surface area contributed by atoms with Crippen LogP contribution >= 0.6 is 11.6 Å². The van der Waals surface area contributed by atoms with Crippen LogP contribution in [0.4, 0.5) is 5.69 Å². The molecule has 0 saturated carbocycles. The molecule has 0 spiro atoms. The fourth-order valence-corrected chi connectivity index (χ4v) is 2.47. The molecular weight excluding hydrogens is 302 g/mol. The summed E-state index contributed by atoms with van der Waals surface area (Å²) >= 11 is 5.82. The molecule has 9 heteroatoms. The Balaban J connectivity index is 2.15. The first kappa shape index (κ1) is 15.2. The van der Waals surface area contributed by atoms with Gasteiger partial charge in [-0.25, -0.2) is 4.98 Å². The Kier molecular flexibility index (Phi) is 4.37. The standard InChI is InChI=1S/C12H12ClN3O5/c13-11-9(4-8(5-14-11)16(20)21)12(19)15-2-1-7(6-15)3-10(17)18/h4-5,7H,1-3,6H2,(H,17,18). The molecule has 1 amide bonds. The zero-order valence-electron chi connectivity index (χ0n) is 10.9. The van der Waals surface area contributed by atoms with Crippen LogP contribution in [-0.2, 0) is 4.79 Å². The van der Waals surface area contributed by atoms with Crippen molar-refractivity contribution >= 4 is 29.2 Å². The number of carboxylic acids is 1. The number of aromatic nitrogens is 1. The summed E-state index contributed by atoms with van der Waals surface area (Å²) in [5.41, 5.74) is -0.356. The van der Waals surface area contributed by atoms with Crippen LogP contribution in [0.15, 0.2) is 12.3 Å². The second-order valence-electron chi connectivity index (χ2n) is 4.79. The molecule has 0 aromatic carbocycles. The number of amides is 1. The van der Waals surface area contributed by atoms with Gasteiger partial charge in [0.15, 0.2) is 0 Å². The quantitative estimate of drug-likeness (QED) is 0.513. The predicted octanol–water partition coefficient (Wildman–Crippen LogP) is 1.58. The predicted molar refractivity (Wildman–Crippen MR) is 72.2 cm³/mol. The number of nitrogens with zero attached hydrogens (tertiary/aromatic N) is 3. The maximum atomic E-state index is 12.3. The number of pyridine rings is 1. The van der Waals surface area contributed by atoms with E-state index in [1.165, 1.54) is 4.90 Å². The lowest BCUT2D eigenvalue weighted by molar-refractivity contribution is -0.385. The van der Waals surface area contributed by atoms with Gasteiger partial charge in [-0.3, -0.25) is 19.7 Å². The highest BCUT2D eigenvalue weighted by Crippen LogP contribution is 2.25. The van der Waals surface area contributed by atoms with Gasteiger partial charge in [-0.15, -0.1) is 0 Å². The molecule has 8 nitrogen and oxygen atoms in total. The molecule has 1 atom stereocenters. The van der Waals surface area contributed by atoms with Crippen molar-refractivity contribution in [3.05, 3.63) is 33.1 Å². The minimum Gasteiger partial charge on any atom is -0.481 e. The van der Waals surface area contributed by atoms with Crippen molar-refractivity contribution in [3.8, 4) is 0 Å². The van der Waals surface area contributed by atoms with Crippen molar-refractivity contribution < 1.29 is 19.6 Å². The van der Waals surface area contributed by atoms with Gasteiger partial charge in [-0.2, -0.15) is 0 Å². The number of likely N-dealkylation sites (tertiary alicyclic amines) is 1. The Labute approximate surface area is 124 Å². The number of halogens is 1. The smallest absolute Gasteiger partial charge is 0.303 e. The number of hydrogen-bond donors (Lipinski definition) is 1. The van der Waals surface area contributed by atoms with E-state index in [4.69, 9.17) is 16.7 Å². The Morgan fingerprint density at radius 1 is 1.57 bits per heavy atom. The molecule has 1 aliphatic heterocycles. The van der Waals surface area contributed by atoms with E-state index in [0.717, 1.165) is 12.3 Å². The zero-order chi connectivity index (χ0) is 15.6. The first-order chi connectivity index (χ1) is 9.88. The van der Waals surface area contributed by atoms with E-state index in [2.05, 4.69) is 4.98 Å². The number of nitro groups is 1. The number of rotatable bonds is 4. The molecule has 1 aromatic rings. The molecular formula is C12H12ClN3O5. The third-order valence-electron chi connectivity index (χ3n) is 3.30. The van der Waals surface area contributed by atoms with Crippen molar-refractivity contribution in [2.24, 2.45) is 5.92 Å². The van der Waals surface area contributed by atoms with Crippen LogP contribution in [0, 0.1) is 16.0 Å². The molecule has 0 bridgehead atoms. The summed E-state index contributed by atoms with van der Waals surface area (Å²) < 4.78 is 0. The maximum absolute atomic E-state index is 12.3. The molecule has 2 heterocycles.